The van der Waals surface area contributed by atoms with Gasteiger partial charge in [-0.2, -0.15) is 4.68 Å². The summed E-state index contributed by atoms with van der Waals surface area (Å²) in [6, 6.07) is 25.0. The largest absolute Gasteiger partial charge is 0.342 e. The fourth-order valence-electron chi connectivity index (χ4n) is 3.91. The van der Waals surface area contributed by atoms with E-state index in [-0.39, 0.29) is 11.9 Å². The third-order valence-corrected chi connectivity index (χ3v) is 5.47. The van der Waals surface area contributed by atoms with Crippen molar-refractivity contribution < 1.29 is 4.79 Å². The molecule has 0 unspecified atom stereocenters. The molecule has 0 saturated carbocycles. The second-order valence-electron chi connectivity index (χ2n) is 7.51. The molecule has 3 aromatic carbocycles. The molecule has 8 heteroatoms. The van der Waals surface area contributed by atoms with E-state index in [1.807, 2.05) is 72.3 Å². The van der Waals surface area contributed by atoms with Crippen LogP contribution in [0.15, 0.2) is 85.2 Å². The highest BCUT2D eigenvalue weighted by molar-refractivity contribution is 5.98. The maximum absolute atomic E-state index is 13.4. The number of aryl methyl sites for hydroxylation is 1. The zero-order valence-corrected chi connectivity index (χ0v) is 17.5. The highest BCUT2D eigenvalue weighted by Gasteiger charge is 2.23. The van der Waals surface area contributed by atoms with Gasteiger partial charge in [0.15, 0.2) is 0 Å². The standard InChI is InChI=1S/C24H21N7O/c1-30-22-14-8-6-12-19(22)26-23(30)20(15-17-9-3-2-4-10-17)27-24(32)18-11-5-7-13-21(18)31-16-25-28-29-31/h2-14,16,20H,15H2,1H3,(H,27,32)/t20-/m1/s1. The van der Waals surface area contributed by atoms with Gasteiger partial charge in [0.2, 0.25) is 0 Å². The predicted octanol–water partition coefficient (Wildman–Crippen LogP) is 3.26. The Bertz CT molecular complexity index is 1360. The van der Waals surface area contributed by atoms with Crippen molar-refractivity contribution in [3.8, 4) is 5.69 Å². The lowest BCUT2D eigenvalue weighted by molar-refractivity contribution is 0.0934. The van der Waals surface area contributed by atoms with Crippen LogP contribution in [0.3, 0.4) is 0 Å². The topological polar surface area (TPSA) is 90.5 Å². The van der Waals surface area contributed by atoms with Gasteiger partial charge >= 0.3 is 0 Å². The summed E-state index contributed by atoms with van der Waals surface area (Å²) >= 11 is 0. The quantitative estimate of drug-likeness (QED) is 0.453. The van der Waals surface area contributed by atoms with Crippen LogP contribution in [0.2, 0.25) is 0 Å². The van der Waals surface area contributed by atoms with Crippen LogP contribution in [0.5, 0.6) is 0 Å². The first kappa shape index (κ1) is 19.6. The second kappa shape index (κ2) is 8.43. The smallest absolute Gasteiger partial charge is 0.254 e. The number of nitrogens with zero attached hydrogens (tertiary/aromatic N) is 6. The number of para-hydroxylation sites is 3. The summed E-state index contributed by atoms with van der Waals surface area (Å²) in [7, 11) is 1.98. The molecule has 0 radical (unpaired) electrons. The highest BCUT2D eigenvalue weighted by atomic mass is 16.1. The van der Waals surface area contributed by atoms with Crippen molar-refractivity contribution in [2.75, 3.05) is 0 Å². The number of fused-ring (bicyclic) bond motifs is 1. The Morgan fingerprint density at radius 1 is 0.969 bits per heavy atom. The van der Waals surface area contributed by atoms with Gasteiger partial charge in [-0.25, -0.2) is 4.98 Å². The molecular weight excluding hydrogens is 402 g/mol. The molecule has 8 nitrogen and oxygen atoms in total. The molecule has 0 spiro atoms. The Hall–Kier alpha value is -4.33. The van der Waals surface area contributed by atoms with Gasteiger partial charge in [0.1, 0.15) is 12.2 Å². The number of rotatable bonds is 6. The summed E-state index contributed by atoms with van der Waals surface area (Å²) in [6.07, 6.45) is 2.08. The second-order valence-corrected chi connectivity index (χ2v) is 7.51. The zero-order valence-electron chi connectivity index (χ0n) is 17.5. The van der Waals surface area contributed by atoms with Crippen molar-refractivity contribution >= 4 is 16.9 Å². The fraction of sp³-hybridized carbons (Fsp3) is 0.125. The molecule has 0 saturated heterocycles. The number of imidazole rings is 1. The third-order valence-electron chi connectivity index (χ3n) is 5.47. The number of carbonyl (C=O) groups excluding carboxylic acids is 1. The predicted molar refractivity (Wildman–Crippen MR) is 120 cm³/mol. The first-order valence-electron chi connectivity index (χ1n) is 10.3. The molecule has 0 bridgehead atoms. The lowest BCUT2D eigenvalue weighted by Crippen LogP contribution is -2.32. The van der Waals surface area contributed by atoms with Crippen LogP contribution in [-0.4, -0.2) is 35.7 Å². The first-order chi connectivity index (χ1) is 15.7. The SMILES string of the molecule is Cn1c([C@@H](Cc2ccccc2)NC(=O)c2ccccc2-n2cnnn2)nc2ccccc21. The molecule has 158 valence electrons. The number of nitrogens with one attached hydrogen (secondary N) is 1. The van der Waals surface area contributed by atoms with Gasteiger partial charge < -0.3 is 9.88 Å². The monoisotopic (exact) mass is 423 g/mol. The summed E-state index contributed by atoms with van der Waals surface area (Å²) in [5, 5.41) is 14.5. The summed E-state index contributed by atoms with van der Waals surface area (Å²) in [4.78, 5) is 18.3. The van der Waals surface area contributed by atoms with Crippen LogP contribution in [0.4, 0.5) is 0 Å². The van der Waals surface area contributed by atoms with Crippen LogP contribution in [0.1, 0.15) is 27.8 Å². The van der Waals surface area contributed by atoms with Crippen LogP contribution >= 0.6 is 0 Å². The number of carbonyl (C=O) groups is 1. The average Bonchev–Trinajstić information content (AvgIpc) is 3.48. The van der Waals surface area contributed by atoms with Crippen molar-refractivity contribution in [1.82, 2.24) is 35.1 Å². The zero-order chi connectivity index (χ0) is 21.9. The van der Waals surface area contributed by atoms with Crippen molar-refractivity contribution in [2.24, 2.45) is 7.05 Å². The minimum Gasteiger partial charge on any atom is -0.342 e. The van der Waals surface area contributed by atoms with Crippen molar-refractivity contribution in [1.29, 1.82) is 0 Å². The van der Waals surface area contributed by atoms with Crippen LogP contribution in [0, 0.1) is 0 Å². The van der Waals surface area contributed by atoms with Crippen molar-refractivity contribution in [3.05, 3.63) is 102 Å². The van der Waals surface area contributed by atoms with E-state index in [0.717, 1.165) is 22.4 Å². The van der Waals surface area contributed by atoms with E-state index in [4.69, 9.17) is 4.98 Å². The molecular formula is C24H21N7O. The van der Waals surface area contributed by atoms with Gasteiger partial charge in [0, 0.05) is 7.05 Å². The third kappa shape index (κ3) is 3.74. The Kier molecular flexibility index (Phi) is 5.17. The van der Waals surface area contributed by atoms with Gasteiger partial charge in [-0.15, -0.1) is 5.10 Å². The number of hydrogen-bond donors (Lipinski definition) is 1. The maximum Gasteiger partial charge on any atom is 0.254 e. The van der Waals surface area contributed by atoms with E-state index in [1.165, 1.54) is 11.0 Å². The minimum atomic E-state index is -0.329. The molecule has 5 rings (SSSR count). The van der Waals surface area contributed by atoms with E-state index in [1.54, 1.807) is 6.07 Å². The normalized spacial score (nSPS) is 12.0. The van der Waals surface area contributed by atoms with Crippen molar-refractivity contribution in [2.45, 2.75) is 12.5 Å². The number of tetrazole rings is 1. The molecule has 1 N–H and O–H groups in total. The van der Waals surface area contributed by atoms with Gasteiger partial charge in [-0.1, -0.05) is 54.6 Å². The molecule has 0 aliphatic heterocycles. The van der Waals surface area contributed by atoms with E-state index in [2.05, 4.69) is 33.0 Å². The molecule has 1 amide bonds. The number of hydrogen-bond acceptors (Lipinski definition) is 5. The molecule has 0 fully saturated rings. The average molecular weight is 423 g/mol. The fourth-order valence-corrected chi connectivity index (χ4v) is 3.91. The van der Waals surface area contributed by atoms with Gasteiger partial charge in [-0.05, 0) is 46.7 Å². The Balaban J connectivity index is 1.53. The van der Waals surface area contributed by atoms with E-state index in [0.29, 0.717) is 17.7 Å². The molecule has 2 aromatic heterocycles. The van der Waals surface area contributed by atoms with E-state index < -0.39 is 0 Å². The van der Waals surface area contributed by atoms with Gasteiger partial charge in [0.05, 0.1) is 28.3 Å². The van der Waals surface area contributed by atoms with E-state index >= 15 is 0 Å². The molecule has 32 heavy (non-hydrogen) atoms. The Morgan fingerprint density at radius 3 is 2.50 bits per heavy atom. The lowest BCUT2D eigenvalue weighted by atomic mass is 10.0. The molecule has 0 aliphatic rings. The van der Waals surface area contributed by atoms with Crippen LogP contribution in [-0.2, 0) is 13.5 Å². The molecule has 1 atom stereocenters. The molecule has 5 aromatic rings. The highest BCUT2D eigenvalue weighted by Crippen LogP contribution is 2.24. The number of aromatic nitrogens is 6. The van der Waals surface area contributed by atoms with Gasteiger partial charge in [-0.3, -0.25) is 4.79 Å². The van der Waals surface area contributed by atoms with Gasteiger partial charge in [0.25, 0.3) is 5.91 Å². The summed E-state index contributed by atoms with van der Waals surface area (Å²) < 4.78 is 3.52. The maximum atomic E-state index is 13.4. The first-order valence-corrected chi connectivity index (χ1v) is 10.3. The Labute approximate surface area is 184 Å². The van der Waals surface area contributed by atoms with Crippen LogP contribution < -0.4 is 5.32 Å². The minimum absolute atomic E-state index is 0.218. The summed E-state index contributed by atoms with van der Waals surface area (Å²) in [6.45, 7) is 0. The van der Waals surface area contributed by atoms with Crippen molar-refractivity contribution in [3.63, 3.8) is 0 Å². The molecule has 2 heterocycles. The molecule has 0 aliphatic carbocycles. The van der Waals surface area contributed by atoms with Crippen LogP contribution in [0.25, 0.3) is 16.7 Å². The summed E-state index contributed by atoms with van der Waals surface area (Å²) in [5.41, 5.74) is 4.11. The Morgan fingerprint density at radius 2 is 1.72 bits per heavy atom. The lowest BCUT2D eigenvalue weighted by Gasteiger charge is -2.20. The summed E-state index contributed by atoms with van der Waals surface area (Å²) in [5.74, 6) is 0.576. The number of benzene rings is 3. The number of amides is 1. The van der Waals surface area contributed by atoms with E-state index in [9.17, 15) is 4.79 Å².